The monoisotopic (exact) mass is 211 g/mol. The summed E-state index contributed by atoms with van der Waals surface area (Å²) in [5.74, 6) is -0.268. The van der Waals surface area contributed by atoms with Crippen LogP contribution in [-0.4, -0.2) is 18.1 Å². The lowest BCUT2D eigenvalue weighted by atomic mass is 10.1. The summed E-state index contributed by atoms with van der Waals surface area (Å²) >= 11 is 5.31. The van der Waals surface area contributed by atoms with E-state index in [2.05, 4.69) is 5.32 Å². The van der Waals surface area contributed by atoms with Crippen LogP contribution in [0.1, 0.15) is 15.9 Å². The van der Waals surface area contributed by atoms with Gasteiger partial charge in [0.15, 0.2) is 0 Å². The second-order valence-corrected chi connectivity index (χ2v) is 3.04. The maximum absolute atomic E-state index is 10.8. The molecule has 1 N–H and O–H groups in total. The summed E-state index contributed by atoms with van der Waals surface area (Å²) in [7, 11) is 0. The molecule has 14 heavy (non-hydrogen) atoms. The van der Waals surface area contributed by atoms with Crippen LogP contribution in [0.15, 0.2) is 24.3 Å². The number of aldehydes is 1. The molecule has 0 aliphatic rings. The molecule has 0 unspecified atom stereocenters. The van der Waals surface area contributed by atoms with Gasteiger partial charge in [-0.3, -0.25) is 9.59 Å². The number of rotatable bonds is 4. The third-order valence-corrected chi connectivity index (χ3v) is 1.94. The maximum Gasteiger partial charge on any atom is 0.235 e. The maximum atomic E-state index is 10.8. The summed E-state index contributed by atoms with van der Waals surface area (Å²) in [4.78, 5) is 21.3. The van der Waals surface area contributed by atoms with E-state index in [1.165, 1.54) is 0 Å². The van der Waals surface area contributed by atoms with Crippen LogP contribution in [0.3, 0.4) is 0 Å². The van der Waals surface area contributed by atoms with Crippen molar-refractivity contribution < 1.29 is 9.59 Å². The Kier molecular flexibility index (Phi) is 4.13. The fourth-order valence-electron chi connectivity index (χ4n) is 1.02. The van der Waals surface area contributed by atoms with Crippen LogP contribution in [0.2, 0.25) is 0 Å². The molecule has 1 amide bonds. The lowest BCUT2D eigenvalue weighted by Crippen LogP contribution is -2.23. The minimum Gasteiger partial charge on any atom is -0.351 e. The molecule has 0 heterocycles. The predicted octanol–water partition coefficient (Wildman–Crippen LogP) is 1.35. The first-order valence-electron chi connectivity index (χ1n) is 4.13. The quantitative estimate of drug-likeness (QED) is 0.604. The molecule has 0 atom stereocenters. The normalized spacial score (nSPS) is 9.50. The Morgan fingerprint density at radius 2 is 2.29 bits per heavy atom. The van der Waals surface area contributed by atoms with Gasteiger partial charge >= 0.3 is 0 Å². The second kappa shape index (κ2) is 5.40. The van der Waals surface area contributed by atoms with Crippen molar-refractivity contribution in [1.29, 1.82) is 0 Å². The van der Waals surface area contributed by atoms with E-state index in [0.29, 0.717) is 12.1 Å². The first-order chi connectivity index (χ1) is 6.76. The fraction of sp³-hybridized carbons (Fsp3) is 0.200. The van der Waals surface area contributed by atoms with Gasteiger partial charge in [-0.05, 0) is 11.6 Å². The van der Waals surface area contributed by atoms with Gasteiger partial charge in [0, 0.05) is 12.1 Å². The number of halogens is 1. The molecule has 0 fully saturated rings. The summed E-state index contributed by atoms with van der Waals surface area (Å²) in [6.07, 6.45) is 0.771. The smallest absolute Gasteiger partial charge is 0.235 e. The van der Waals surface area contributed by atoms with E-state index in [1.807, 2.05) is 6.07 Å². The molecule has 1 aromatic rings. The highest BCUT2D eigenvalue weighted by molar-refractivity contribution is 6.27. The Bertz CT molecular complexity index is 339. The van der Waals surface area contributed by atoms with Crippen LogP contribution in [-0.2, 0) is 11.3 Å². The largest absolute Gasteiger partial charge is 0.351 e. The molecule has 0 spiro atoms. The highest BCUT2D eigenvalue weighted by Crippen LogP contribution is 2.02. The Balaban J connectivity index is 2.58. The van der Waals surface area contributed by atoms with Crippen molar-refractivity contribution in [2.24, 2.45) is 0 Å². The topological polar surface area (TPSA) is 46.2 Å². The molecule has 0 aliphatic heterocycles. The van der Waals surface area contributed by atoms with Gasteiger partial charge in [-0.15, -0.1) is 11.6 Å². The van der Waals surface area contributed by atoms with Gasteiger partial charge in [0.25, 0.3) is 0 Å². The van der Waals surface area contributed by atoms with Crippen LogP contribution in [0.5, 0.6) is 0 Å². The zero-order valence-electron chi connectivity index (χ0n) is 7.50. The van der Waals surface area contributed by atoms with Crippen molar-refractivity contribution in [3.63, 3.8) is 0 Å². The minimum atomic E-state index is -0.219. The lowest BCUT2D eigenvalue weighted by molar-refractivity contribution is -0.118. The van der Waals surface area contributed by atoms with Gasteiger partial charge in [-0.25, -0.2) is 0 Å². The Morgan fingerprint density at radius 3 is 2.93 bits per heavy atom. The summed E-state index contributed by atoms with van der Waals surface area (Å²) in [6.45, 7) is 0.396. The van der Waals surface area contributed by atoms with Crippen molar-refractivity contribution in [3.05, 3.63) is 35.4 Å². The number of alkyl halides is 1. The van der Waals surface area contributed by atoms with Gasteiger partial charge in [0.1, 0.15) is 12.2 Å². The summed E-state index contributed by atoms with van der Waals surface area (Å²) in [6, 6.07) is 7.04. The molecule has 3 nitrogen and oxygen atoms in total. The van der Waals surface area contributed by atoms with E-state index < -0.39 is 0 Å². The second-order valence-electron chi connectivity index (χ2n) is 2.77. The SMILES string of the molecule is O=Cc1cccc(CNC(=O)CCl)c1. The fourth-order valence-corrected chi connectivity index (χ4v) is 1.12. The number of hydrogen-bond donors (Lipinski definition) is 1. The molecule has 0 saturated heterocycles. The molecule has 0 aromatic heterocycles. The van der Waals surface area contributed by atoms with Crippen molar-refractivity contribution in [2.75, 3.05) is 5.88 Å². The molecular weight excluding hydrogens is 202 g/mol. The first-order valence-corrected chi connectivity index (χ1v) is 4.66. The van der Waals surface area contributed by atoms with E-state index in [9.17, 15) is 9.59 Å². The van der Waals surface area contributed by atoms with Crippen LogP contribution in [0, 0.1) is 0 Å². The average molecular weight is 212 g/mol. The van der Waals surface area contributed by atoms with Crippen LogP contribution >= 0.6 is 11.6 Å². The third kappa shape index (κ3) is 3.18. The number of benzene rings is 1. The van der Waals surface area contributed by atoms with E-state index in [-0.39, 0.29) is 11.8 Å². The highest BCUT2D eigenvalue weighted by atomic mass is 35.5. The molecular formula is C10H10ClNO2. The molecule has 74 valence electrons. The Labute approximate surface area is 87.1 Å². The summed E-state index contributed by atoms with van der Waals surface area (Å²) < 4.78 is 0. The van der Waals surface area contributed by atoms with Crippen molar-refractivity contribution in [1.82, 2.24) is 5.32 Å². The molecule has 0 radical (unpaired) electrons. The lowest BCUT2D eigenvalue weighted by Gasteiger charge is -2.03. The average Bonchev–Trinajstić information content (AvgIpc) is 2.26. The zero-order chi connectivity index (χ0) is 10.4. The molecule has 0 aliphatic carbocycles. The zero-order valence-corrected chi connectivity index (χ0v) is 8.25. The van der Waals surface area contributed by atoms with E-state index in [1.54, 1.807) is 18.2 Å². The summed E-state index contributed by atoms with van der Waals surface area (Å²) in [5.41, 5.74) is 1.48. The number of amides is 1. The van der Waals surface area contributed by atoms with Gasteiger partial charge in [-0.1, -0.05) is 18.2 Å². The van der Waals surface area contributed by atoms with Crippen LogP contribution in [0.25, 0.3) is 0 Å². The van der Waals surface area contributed by atoms with E-state index in [0.717, 1.165) is 11.8 Å². The van der Waals surface area contributed by atoms with Gasteiger partial charge in [-0.2, -0.15) is 0 Å². The van der Waals surface area contributed by atoms with Crippen LogP contribution in [0.4, 0.5) is 0 Å². The van der Waals surface area contributed by atoms with Crippen molar-refractivity contribution >= 4 is 23.8 Å². The standard InChI is InChI=1S/C10H10ClNO2/c11-5-10(14)12-6-8-2-1-3-9(4-8)7-13/h1-4,7H,5-6H2,(H,12,14). The summed E-state index contributed by atoms with van der Waals surface area (Å²) in [5, 5.41) is 2.61. The number of carbonyl (C=O) groups is 2. The molecule has 1 rings (SSSR count). The van der Waals surface area contributed by atoms with E-state index in [4.69, 9.17) is 11.6 Å². The molecule has 4 heteroatoms. The Morgan fingerprint density at radius 1 is 1.50 bits per heavy atom. The number of hydrogen-bond acceptors (Lipinski definition) is 2. The molecule has 0 saturated carbocycles. The predicted molar refractivity (Wildman–Crippen MR) is 54.4 cm³/mol. The van der Waals surface area contributed by atoms with Gasteiger partial charge in [0.2, 0.25) is 5.91 Å². The highest BCUT2D eigenvalue weighted by Gasteiger charge is 1.98. The van der Waals surface area contributed by atoms with Crippen molar-refractivity contribution in [3.8, 4) is 0 Å². The van der Waals surface area contributed by atoms with E-state index >= 15 is 0 Å². The van der Waals surface area contributed by atoms with Gasteiger partial charge < -0.3 is 5.32 Å². The Hall–Kier alpha value is -1.35. The minimum absolute atomic E-state index is 0.0482. The third-order valence-electron chi connectivity index (χ3n) is 1.70. The molecule has 1 aromatic carbocycles. The number of nitrogens with one attached hydrogen (secondary N) is 1. The van der Waals surface area contributed by atoms with Crippen molar-refractivity contribution in [2.45, 2.75) is 6.54 Å². The number of carbonyl (C=O) groups excluding carboxylic acids is 2. The first kappa shape index (κ1) is 10.7. The van der Waals surface area contributed by atoms with Gasteiger partial charge in [0.05, 0.1) is 0 Å². The molecule has 0 bridgehead atoms. The van der Waals surface area contributed by atoms with Crippen LogP contribution < -0.4 is 5.32 Å².